The smallest absolute Gasteiger partial charge is 0.130 e. The summed E-state index contributed by atoms with van der Waals surface area (Å²) >= 11 is 0. The van der Waals surface area contributed by atoms with Crippen molar-refractivity contribution in [1.82, 2.24) is 15.1 Å². The molecule has 2 heterocycles. The van der Waals surface area contributed by atoms with Crippen LogP contribution in [0.1, 0.15) is 19.4 Å². The molecule has 3 rings (SSSR count). The van der Waals surface area contributed by atoms with Crippen LogP contribution in [0.2, 0.25) is 0 Å². The Morgan fingerprint density at radius 2 is 1.86 bits per heavy atom. The minimum absolute atomic E-state index is 0.00558. The van der Waals surface area contributed by atoms with E-state index in [2.05, 4.69) is 15.1 Å². The molecule has 0 radical (unpaired) electrons. The molecule has 0 bridgehead atoms. The number of nitrogens with zero attached hydrogens (tertiary/aromatic N) is 2. The summed E-state index contributed by atoms with van der Waals surface area (Å²) in [5, 5.41) is 12.5. The van der Waals surface area contributed by atoms with E-state index in [0.717, 1.165) is 51.9 Å². The maximum absolute atomic E-state index is 13.6. The van der Waals surface area contributed by atoms with E-state index in [-0.39, 0.29) is 11.6 Å². The summed E-state index contributed by atoms with van der Waals surface area (Å²) in [4.78, 5) is 4.95. The highest BCUT2D eigenvalue weighted by molar-refractivity contribution is 5.27. The minimum atomic E-state index is -0.302. The summed E-state index contributed by atoms with van der Waals surface area (Å²) in [6.45, 7) is 11.5. The number of aromatic hydroxyl groups is 1. The van der Waals surface area contributed by atoms with E-state index >= 15 is 0 Å². The highest BCUT2D eigenvalue weighted by Crippen LogP contribution is 2.16. The normalized spacial score (nSPS) is 20.1. The SMILES string of the molecule is CC.Oc1ccc(CCN2CCN(C3CNC3)CC2)c(F)c1. The summed E-state index contributed by atoms with van der Waals surface area (Å²) in [5.41, 5.74) is 0.688. The van der Waals surface area contributed by atoms with Gasteiger partial charge in [0.15, 0.2) is 0 Å². The van der Waals surface area contributed by atoms with Crippen LogP contribution >= 0.6 is 0 Å². The average molecular weight is 309 g/mol. The second kappa shape index (κ2) is 8.46. The lowest BCUT2D eigenvalue weighted by molar-refractivity contribution is 0.0733. The van der Waals surface area contributed by atoms with Crippen molar-refractivity contribution in [3.05, 3.63) is 29.6 Å². The van der Waals surface area contributed by atoms with Crippen LogP contribution in [0.15, 0.2) is 18.2 Å². The summed E-state index contributed by atoms with van der Waals surface area (Å²) in [5.74, 6) is -0.307. The van der Waals surface area contributed by atoms with Crippen molar-refractivity contribution < 1.29 is 9.50 Å². The lowest BCUT2D eigenvalue weighted by Gasteiger charge is -2.43. The monoisotopic (exact) mass is 309 g/mol. The van der Waals surface area contributed by atoms with E-state index in [0.29, 0.717) is 12.0 Å². The predicted octanol–water partition coefficient (Wildman–Crippen LogP) is 1.69. The van der Waals surface area contributed by atoms with Crippen LogP contribution in [0.3, 0.4) is 0 Å². The molecule has 2 saturated heterocycles. The first-order chi connectivity index (χ1) is 10.7. The van der Waals surface area contributed by atoms with Crippen LogP contribution in [0, 0.1) is 5.82 Å². The average Bonchev–Trinajstić information content (AvgIpc) is 2.48. The second-order valence-corrected chi connectivity index (χ2v) is 5.72. The number of piperazine rings is 1. The molecular formula is C17H28FN3O. The molecule has 0 aliphatic carbocycles. The fourth-order valence-corrected chi connectivity index (χ4v) is 2.90. The molecule has 0 atom stereocenters. The topological polar surface area (TPSA) is 38.7 Å². The third kappa shape index (κ3) is 4.41. The van der Waals surface area contributed by atoms with Gasteiger partial charge in [0.2, 0.25) is 0 Å². The first-order valence-electron chi connectivity index (χ1n) is 8.37. The van der Waals surface area contributed by atoms with Crippen LogP contribution in [0.5, 0.6) is 5.75 Å². The van der Waals surface area contributed by atoms with E-state index in [9.17, 15) is 9.50 Å². The van der Waals surface area contributed by atoms with Gasteiger partial charge >= 0.3 is 0 Å². The molecular weight excluding hydrogens is 281 g/mol. The Balaban J connectivity index is 0.000000847. The molecule has 4 nitrogen and oxygen atoms in total. The van der Waals surface area contributed by atoms with Crippen LogP contribution in [-0.4, -0.2) is 66.8 Å². The zero-order chi connectivity index (χ0) is 15.9. The molecule has 2 aliphatic rings. The number of nitrogens with one attached hydrogen (secondary N) is 1. The van der Waals surface area contributed by atoms with Crippen molar-refractivity contribution in [2.45, 2.75) is 26.3 Å². The maximum atomic E-state index is 13.6. The predicted molar refractivity (Wildman–Crippen MR) is 87.8 cm³/mol. The molecule has 0 unspecified atom stereocenters. The number of rotatable bonds is 4. The highest BCUT2D eigenvalue weighted by Gasteiger charge is 2.27. The fourth-order valence-electron chi connectivity index (χ4n) is 2.90. The van der Waals surface area contributed by atoms with E-state index < -0.39 is 0 Å². The molecule has 124 valence electrons. The van der Waals surface area contributed by atoms with Gasteiger partial charge in [-0.1, -0.05) is 19.9 Å². The first-order valence-corrected chi connectivity index (χ1v) is 8.37. The van der Waals surface area contributed by atoms with E-state index in [1.165, 1.54) is 6.07 Å². The molecule has 0 amide bonds. The third-order valence-corrected chi connectivity index (χ3v) is 4.42. The number of hydrogen-bond donors (Lipinski definition) is 2. The summed E-state index contributed by atoms with van der Waals surface area (Å²) in [6, 6.07) is 5.16. The van der Waals surface area contributed by atoms with Crippen LogP contribution in [0.4, 0.5) is 4.39 Å². The zero-order valence-corrected chi connectivity index (χ0v) is 13.7. The lowest BCUT2D eigenvalue weighted by atomic mass is 10.1. The minimum Gasteiger partial charge on any atom is -0.508 e. The van der Waals surface area contributed by atoms with Gasteiger partial charge in [-0.05, 0) is 18.1 Å². The van der Waals surface area contributed by atoms with E-state index in [1.54, 1.807) is 12.1 Å². The van der Waals surface area contributed by atoms with E-state index in [4.69, 9.17) is 0 Å². The maximum Gasteiger partial charge on any atom is 0.130 e. The number of benzene rings is 1. The van der Waals surface area contributed by atoms with Gasteiger partial charge in [-0.3, -0.25) is 4.90 Å². The highest BCUT2D eigenvalue weighted by atomic mass is 19.1. The Morgan fingerprint density at radius 1 is 1.18 bits per heavy atom. The Morgan fingerprint density at radius 3 is 2.41 bits per heavy atom. The molecule has 2 N–H and O–H groups in total. The van der Waals surface area contributed by atoms with E-state index in [1.807, 2.05) is 13.8 Å². The standard InChI is InChI=1S/C15H22FN3O.C2H6/c16-15-9-14(20)2-1-12(15)3-4-18-5-7-19(8-6-18)13-10-17-11-13;1-2/h1-2,9,13,17,20H,3-8,10-11H2;1-2H3. The Labute approximate surface area is 132 Å². The van der Waals surface area contributed by atoms with Crippen molar-refractivity contribution in [2.24, 2.45) is 0 Å². The molecule has 2 aliphatic heterocycles. The lowest BCUT2D eigenvalue weighted by Crippen LogP contribution is -2.61. The summed E-state index contributed by atoms with van der Waals surface area (Å²) < 4.78 is 13.6. The van der Waals surface area contributed by atoms with Crippen molar-refractivity contribution in [1.29, 1.82) is 0 Å². The number of halogens is 1. The van der Waals surface area contributed by atoms with Gasteiger partial charge in [0.25, 0.3) is 0 Å². The van der Waals surface area contributed by atoms with Gasteiger partial charge in [-0.2, -0.15) is 0 Å². The first kappa shape index (κ1) is 17.2. The van der Waals surface area contributed by atoms with Crippen LogP contribution < -0.4 is 5.32 Å². The van der Waals surface area contributed by atoms with Gasteiger partial charge < -0.3 is 15.3 Å². The van der Waals surface area contributed by atoms with Gasteiger partial charge in [0.05, 0.1) is 0 Å². The van der Waals surface area contributed by atoms with Gasteiger partial charge in [-0.25, -0.2) is 4.39 Å². The second-order valence-electron chi connectivity index (χ2n) is 5.72. The molecule has 0 spiro atoms. The van der Waals surface area contributed by atoms with Crippen molar-refractivity contribution in [2.75, 3.05) is 45.8 Å². The van der Waals surface area contributed by atoms with Crippen molar-refractivity contribution in [3.63, 3.8) is 0 Å². The molecule has 22 heavy (non-hydrogen) atoms. The Bertz CT molecular complexity index is 457. The quantitative estimate of drug-likeness (QED) is 0.888. The van der Waals surface area contributed by atoms with Crippen molar-refractivity contribution >= 4 is 0 Å². The number of hydrogen-bond acceptors (Lipinski definition) is 4. The molecule has 2 fully saturated rings. The molecule has 0 saturated carbocycles. The van der Waals surface area contributed by atoms with Gasteiger partial charge in [-0.15, -0.1) is 0 Å². The summed E-state index contributed by atoms with van der Waals surface area (Å²) in [7, 11) is 0. The molecule has 1 aromatic rings. The summed E-state index contributed by atoms with van der Waals surface area (Å²) in [6.07, 6.45) is 0.705. The fraction of sp³-hybridized carbons (Fsp3) is 0.647. The van der Waals surface area contributed by atoms with Gasteiger partial charge in [0, 0.05) is 57.9 Å². The largest absolute Gasteiger partial charge is 0.508 e. The third-order valence-electron chi connectivity index (χ3n) is 4.42. The zero-order valence-electron chi connectivity index (χ0n) is 13.7. The Hall–Kier alpha value is -1.17. The van der Waals surface area contributed by atoms with Crippen LogP contribution in [0.25, 0.3) is 0 Å². The molecule has 1 aromatic carbocycles. The van der Waals surface area contributed by atoms with Crippen molar-refractivity contribution in [3.8, 4) is 5.75 Å². The van der Waals surface area contributed by atoms with Crippen LogP contribution in [-0.2, 0) is 6.42 Å². The number of phenols is 1. The van der Waals surface area contributed by atoms with Gasteiger partial charge in [0.1, 0.15) is 11.6 Å². The Kier molecular flexibility index (Phi) is 6.61. The number of phenolic OH excluding ortho intramolecular Hbond substituents is 1. The molecule has 5 heteroatoms. The molecule has 0 aromatic heterocycles.